The minimum absolute atomic E-state index is 0.102. The van der Waals surface area contributed by atoms with Gasteiger partial charge in [0.05, 0.1) is 18.7 Å². The quantitative estimate of drug-likeness (QED) is 0.713. The van der Waals surface area contributed by atoms with E-state index in [0.29, 0.717) is 13.1 Å². The number of amides is 1. The number of halogens is 1. The van der Waals surface area contributed by atoms with Gasteiger partial charge in [-0.3, -0.25) is 19.6 Å². The number of benzene rings is 2. The Morgan fingerprint density at radius 2 is 1.76 bits per heavy atom. The molecule has 2 aromatic carbocycles. The molecule has 0 saturated carbocycles. The fourth-order valence-corrected chi connectivity index (χ4v) is 4.80. The van der Waals surface area contributed by atoms with Crippen molar-refractivity contribution in [2.75, 3.05) is 26.2 Å². The van der Waals surface area contributed by atoms with Crippen LogP contribution in [0, 0.1) is 0 Å². The Bertz CT molecular complexity index is 1000. The van der Waals surface area contributed by atoms with Gasteiger partial charge in [-0.25, -0.2) is 0 Å². The molecule has 6 heteroatoms. The van der Waals surface area contributed by atoms with Gasteiger partial charge in [0.25, 0.3) is 5.91 Å². The molecule has 0 atom stereocenters. The summed E-state index contributed by atoms with van der Waals surface area (Å²) in [4.78, 5) is 24.7. The lowest BCUT2D eigenvalue weighted by molar-refractivity contribution is -0.125. The van der Waals surface area contributed by atoms with Gasteiger partial charge in [-0.1, -0.05) is 64.5 Å². The Labute approximate surface area is 179 Å². The van der Waals surface area contributed by atoms with E-state index in [4.69, 9.17) is 0 Å². The van der Waals surface area contributed by atoms with Crippen molar-refractivity contribution in [2.45, 2.75) is 19.5 Å². The molecule has 5 nitrogen and oxygen atoms in total. The second-order valence-corrected chi connectivity index (χ2v) is 8.54. The Morgan fingerprint density at radius 3 is 2.59 bits per heavy atom. The fraction of sp³-hybridized carbons (Fsp3) is 0.304. The minimum Gasteiger partial charge on any atom is -0.314 e. The summed E-state index contributed by atoms with van der Waals surface area (Å²) in [5.41, 5.74) is 4.49. The molecule has 3 heterocycles. The van der Waals surface area contributed by atoms with E-state index in [9.17, 15) is 4.79 Å². The summed E-state index contributed by atoms with van der Waals surface area (Å²) in [6, 6.07) is 18.6. The standard InChI is InChI=1S/C23H23BrN4O/c24-20-9-5-4-8-18(20)15-28-22(29)19-16-26(14-17-6-2-1-3-7-17)12-10-21(19)27-13-11-25-23(27)28/h1-9H,10-16H2. The SMILES string of the molecule is O=C1C2=C(CCN(Cc3ccccc3)C2)N2CCN=C2N1Cc1ccccc1Br. The van der Waals surface area contributed by atoms with Crippen LogP contribution in [0.5, 0.6) is 0 Å². The summed E-state index contributed by atoms with van der Waals surface area (Å²) >= 11 is 3.62. The first kappa shape index (κ1) is 18.6. The highest BCUT2D eigenvalue weighted by molar-refractivity contribution is 9.10. The van der Waals surface area contributed by atoms with Gasteiger partial charge in [-0.2, -0.15) is 0 Å². The number of fused-ring (bicyclic) bond motifs is 2. The number of carbonyl (C=O) groups is 1. The zero-order valence-corrected chi connectivity index (χ0v) is 17.8. The third-order valence-electron chi connectivity index (χ3n) is 5.82. The zero-order chi connectivity index (χ0) is 19.8. The van der Waals surface area contributed by atoms with Crippen molar-refractivity contribution in [1.82, 2.24) is 14.7 Å². The van der Waals surface area contributed by atoms with Gasteiger partial charge in [0.1, 0.15) is 0 Å². The molecule has 0 aromatic heterocycles. The largest absolute Gasteiger partial charge is 0.314 e. The van der Waals surface area contributed by atoms with E-state index >= 15 is 0 Å². The highest BCUT2D eigenvalue weighted by Gasteiger charge is 2.41. The molecule has 29 heavy (non-hydrogen) atoms. The van der Waals surface area contributed by atoms with Crippen LogP contribution in [0.1, 0.15) is 17.5 Å². The number of aliphatic imine (C=N–C) groups is 1. The van der Waals surface area contributed by atoms with E-state index in [-0.39, 0.29) is 5.91 Å². The van der Waals surface area contributed by atoms with Crippen LogP contribution in [0.4, 0.5) is 0 Å². The highest BCUT2D eigenvalue weighted by Crippen LogP contribution is 2.32. The molecule has 0 saturated heterocycles. The number of nitrogens with zero attached hydrogens (tertiary/aromatic N) is 4. The van der Waals surface area contributed by atoms with Gasteiger partial charge in [0, 0.05) is 42.8 Å². The summed E-state index contributed by atoms with van der Waals surface area (Å²) in [5.74, 6) is 0.923. The van der Waals surface area contributed by atoms with Crippen LogP contribution in [0.3, 0.4) is 0 Å². The van der Waals surface area contributed by atoms with E-state index in [1.54, 1.807) is 0 Å². The Morgan fingerprint density at radius 1 is 0.966 bits per heavy atom. The Hall–Kier alpha value is -2.44. The topological polar surface area (TPSA) is 39.2 Å². The van der Waals surface area contributed by atoms with Gasteiger partial charge < -0.3 is 4.90 Å². The average Bonchev–Trinajstić information content (AvgIpc) is 3.23. The first-order valence-electron chi connectivity index (χ1n) is 10.1. The predicted octanol–water partition coefficient (Wildman–Crippen LogP) is 3.62. The number of hydrogen-bond donors (Lipinski definition) is 0. The second-order valence-electron chi connectivity index (χ2n) is 7.69. The van der Waals surface area contributed by atoms with Crippen LogP contribution in [0.15, 0.2) is 75.3 Å². The maximum Gasteiger partial charge on any atom is 0.259 e. The fourth-order valence-electron chi connectivity index (χ4n) is 4.39. The van der Waals surface area contributed by atoms with Gasteiger partial charge in [-0.15, -0.1) is 0 Å². The molecule has 0 N–H and O–H groups in total. The highest BCUT2D eigenvalue weighted by atomic mass is 79.9. The summed E-state index contributed by atoms with van der Waals surface area (Å²) in [5, 5.41) is 0. The Balaban J connectivity index is 1.42. The summed E-state index contributed by atoms with van der Waals surface area (Å²) in [6.45, 7) is 4.68. The van der Waals surface area contributed by atoms with Crippen molar-refractivity contribution >= 4 is 27.8 Å². The molecule has 0 bridgehead atoms. The van der Waals surface area contributed by atoms with Crippen molar-refractivity contribution in [3.8, 4) is 0 Å². The molecule has 3 aliphatic heterocycles. The molecule has 1 amide bonds. The molecule has 0 fully saturated rings. The smallest absolute Gasteiger partial charge is 0.259 e. The van der Waals surface area contributed by atoms with Crippen molar-refractivity contribution in [3.63, 3.8) is 0 Å². The number of rotatable bonds is 4. The normalized spacial score (nSPS) is 19.3. The number of guanidine groups is 1. The number of carbonyl (C=O) groups excluding carboxylic acids is 1. The molecule has 148 valence electrons. The molecular weight excluding hydrogens is 428 g/mol. The van der Waals surface area contributed by atoms with Crippen molar-refractivity contribution < 1.29 is 4.79 Å². The lowest BCUT2D eigenvalue weighted by Crippen LogP contribution is -2.53. The number of hydrogen-bond acceptors (Lipinski definition) is 4. The lowest BCUT2D eigenvalue weighted by Gasteiger charge is -2.42. The van der Waals surface area contributed by atoms with Crippen LogP contribution in [0.2, 0.25) is 0 Å². The minimum atomic E-state index is 0.102. The monoisotopic (exact) mass is 450 g/mol. The third kappa shape index (κ3) is 3.51. The van der Waals surface area contributed by atoms with Gasteiger partial charge >= 0.3 is 0 Å². The Kier molecular flexibility index (Phi) is 4.97. The molecule has 0 radical (unpaired) electrons. The van der Waals surface area contributed by atoms with Crippen molar-refractivity contribution in [2.24, 2.45) is 4.99 Å². The van der Waals surface area contributed by atoms with Crippen LogP contribution in [0.25, 0.3) is 0 Å². The van der Waals surface area contributed by atoms with Crippen LogP contribution < -0.4 is 0 Å². The van der Waals surface area contributed by atoms with Gasteiger partial charge in [0.2, 0.25) is 5.96 Å². The molecule has 0 unspecified atom stereocenters. The van der Waals surface area contributed by atoms with Crippen LogP contribution in [-0.2, 0) is 17.9 Å². The van der Waals surface area contributed by atoms with E-state index < -0.39 is 0 Å². The van der Waals surface area contributed by atoms with Crippen LogP contribution >= 0.6 is 15.9 Å². The van der Waals surface area contributed by atoms with E-state index in [0.717, 1.165) is 54.2 Å². The van der Waals surface area contributed by atoms with Crippen LogP contribution in [-0.4, -0.2) is 52.7 Å². The molecule has 3 aliphatic rings. The predicted molar refractivity (Wildman–Crippen MR) is 117 cm³/mol. The molecular formula is C23H23BrN4O. The third-order valence-corrected chi connectivity index (χ3v) is 6.59. The maximum absolute atomic E-state index is 13.5. The average molecular weight is 451 g/mol. The molecule has 5 rings (SSSR count). The summed E-state index contributed by atoms with van der Waals surface area (Å²) < 4.78 is 1.02. The van der Waals surface area contributed by atoms with E-state index in [1.165, 1.54) is 11.3 Å². The zero-order valence-electron chi connectivity index (χ0n) is 16.2. The lowest BCUT2D eigenvalue weighted by atomic mass is 10.00. The first-order valence-corrected chi connectivity index (χ1v) is 10.9. The molecule has 0 aliphatic carbocycles. The summed E-state index contributed by atoms with van der Waals surface area (Å²) in [6.07, 6.45) is 0.899. The van der Waals surface area contributed by atoms with Gasteiger partial charge in [0.15, 0.2) is 0 Å². The first-order chi connectivity index (χ1) is 14.2. The second kappa shape index (κ2) is 7.76. The van der Waals surface area contributed by atoms with Gasteiger partial charge in [-0.05, 0) is 17.2 Å². The summed E-state index contributed by atoms with van der Waals surface area (Å²) in [7, 11) is 0. The van der Waals surface area contributed by atoms with E-state index in [2.05, 4.69) is 61.1 Å². The van der Waals surface area contributed by atoms with E-state index in [1.807, 2.05) is 29.2 Å². The molecule has 0 spiro atoms. The maximum atomic E-state index is 13.5. The van der Waals surface area contributed by atoms with Crippen molar-refractivity contribution in [1.29, 1.82) is 0 Å². The van der Waals surface area contributed by atoms with Crippen molar-refractivity contribution in [3.05, 3.63) is 81.5 Å². The molecule has 2 aromatic rings.